The summed E-state index contributed by atoms with van der Waals surface area (Å²) in [4.78, 5) is 10.7. The number of hydrogen-bond acceptors (Lipinski definition) is 2. The van der Waals surface area contributed by atoms with Crippen molar-refractivity contribution >= 4 is 28.6 Å². The first-order chi connectivity index (χ1) is 6.13. The van der Waals surface area contributed by atoms with E-state index in [1.165, 1.54) is 12.5 Å². The number of carbonyl (C=O) groups is 1. The summed E-state index contributed by atoms with van der Waals surface area (Å²) in [5, 5.41) is 0. The van der Waals surface area contributed by atoms with Gasteiger partial charge < -0.3 is 4.74 Å². The van der Waals surface area contributed by atoms with E-state index in [4.69, 9.17) is 4.74 Å². The van der Waals surface area contributed by atoms with Crippen molar-refractivity contribution in [2.45, 2.75) is 20.3 Å². The first kappa shape index (κ1) is 10.5. The van der Waals surface area contributed by atoms with Gasteiger partial charge in [-0.3, -0.25) is 4.79 Å². The van der Waals surface area contributed by atoms with Gasteiger partial charge in [-0.05, 0) is 46.7 Å². The summed E-state index contributed by atoms with van der Waals surface area (Å²) in [6.45, 7) is 3.50. The minimum Gasteiger partial charge on any atom is -0.426 e. The summed E-state index contributed by atoms with van der Waals surface area (Å²) in [5.74, 6) is 0.368. The van der Waals surface area contributed by atoms with Crippen molar-refractivity contribution in [3.05, 3.63) is 27.3 Å². The van der Waals surface area contributed by atoms with E-state index in [-0.39, 0.29) is 5.97 Å². The van der Waals surface area contributed by atoms with Crippen LogP contribution in [0.1, 0.15) is 19.4 Å². The third-order valence-corrected chi connectivity index (χ3v) is 2.50. The van der Waals surface area contributed by atoms with E-state index in [1.54, 1.807) is 0 Å². The largest absolute Gasteiger partial charge is 0.426 e. The lowest BCUT2D eigenvalue weighted by molar-refractivity contribution is -0.131. The molecule has 0 radical (unpaired) electrons. The van der Waals surface area contributed by atoms with Crippen LogP contribution in [0.2, 0.25) is 0 Å². The second-order valence-corrected chi connectivity index (χ2v) is 3.87. The van der Waals surface area contributed by atoms with Gasteiger partial charge in [-0.15, -0.1) is 0 Å². The molecular weight excluding hydrogens is 279 g/mol. The quantitative estimate of drug-likeness (QED) is 0.475. The summed E-state index contributed by atoms with van der Waals surface area (Å²) in [5.41, 5.74) is 1.25. The zero-order chi connectivity index (χ0) is 9.84. The van der Waals surface area contributed by atoms with Crippen LogP contribution in [0.25, 0.3) is 0 Å². The Morgan fingerprint density at radius 2 is 2.23 bits per heavy atom. The Kier molecular flexibility index (Phi) is 3.71. The molecule has 0 aliphatic carbocycles. The molecule has 0 fully saturated rings. The number of esters is 1. The predicted octanol–water partition coefficient (Wildman–Crippen LogP) is 2.78. The minimum atomic E-state index is -0.276. The molecule has 0 bridgehead atoms. The van der Waals surface area contributed by atoms with Crippen molar-refractivity contribution < 1.29 is 9.53 Å². The van der Waals surface area contributed by atoms with Gasteiger partial charge >= 0.3 is 5.97 Å². The van der Waals surface area contributed by atoms with Crippen molar-refractivity contribution in [3.8, 4) is 5.75 Å². The highest BCUT2D eigenvalue weighted by atomic mass is 127. The number of carbonyl (C=O) groups excluding carboxylic acids is 1. The lowest BCUT2D eigenvalue weighted by atomic mass is 10.2. The standard InChI is InChI=1S/C10H11IO2/c1-3-8-4-5-10(9(11)6-8)13-7(2)12/h4-6H,3H2,1-2H3. The predicted molar refractivity (Wildman–Crippen MR) is 59.8 cm³/mol. The Bertz CT molecular complexity index is 321. The molecule has 0 N–H and O–H groups in total. The fraction of sp³-hybridized carbons (Fsp3) is 0.300. The average molecular weight is 290 g/mol. The van der Waals surface area contributed by atoms with Gasteiger partial charge in [-0.25, -0.2) is 0 Å². The molecule has 0 heterocycles. The zero-order valence-corrected chi connectivity index (χ0v) is 9.79. The SMILES string of the molecule is CCc1ccc(OC(C)=O)c(I)c1. The normalized spacial score (nSPS) is 9.77. The molecule has 70 valence electrons. The van der Waals surface area contributed by atoms with Gasteiger partial charge in [0.15, 0.2) is 0 Å². The van der Waals surface area contributed by atoms with E-state index in [1.807, 2.05) is 18.2 Å². The highest BCUT2D eigenvalue weighted by molar-refractivity contribution is 14.1. The van der Waals surface area contributed by atoms with Crippen LogP contribution < -0.4 is 4.74 Å². The van der Waals surface area contributed by atoms with Gasteiger partial charge in [0.1, 0.15) is 5.75 Å². The van der Waals surface area contributed by atoms with Gasteiger partial charge in [0.05, 0.1) is 3.57 Å². The fourth-order valence-electron chi connectivity index (χ4n) is 1.00. The van der Waals surface area contributed by atoms with E-state index in [0.29, 0.717) is 5.75 Å². The Balaban J connectivity index is 2.91. The average Bonchev–Trinajstić information content (AvgIpc) is 2.08. The molecule has 0 amide bonds. The first-order valence-electron chi connectivity index (χ1n) is 4.10. The first-order valence-corrected chi connectivity index (χ1v) is 5.18. The van der Waals surface area contributed by atoms with Gasteiger partial charge in [0, 0.05) is 6.92 Å². The van der Waals surface area contributed by atoms with Crippen LogP contribution in [-0.4, -0.2) is 5.97 Å². The maximum Gasteiger partial charge on any atom is 0.308 e. The van der Waals surface area contributed by atoms with Crippen LogP contribution in [-0.2, 0) is 11.2 Å². The fourth-order valence-corrected chi connectivity index (χ4v) is 1.69. The van der Waals surface area contributed by atoms with Crippen LogP contribution in [0.4, 0.5) is 0 Å². The molecule has 0 aromatic heterocycles. The summed E-state index contributed by atoms with van der Waals surface area (Å²) in [6.07, 6.45) is 0.996. The summed E-state index contributed by atoms with van der Waals surface area (Å²) < 4.78 is 5.98. The van der Waals surface area contributed by atoms with E-state index in [9.17, 15) is 4.79 Å². The Labute approximate surface area is 91.4 Å². The van der Waals surface area contributed by atoms with Crippen molar-refractivity contribution in [3.63, 3.8) is 0 Å². The van der Waals surface area contributed by atoms with Crippen LogP contribution in [0.15, 0.2) is 18.2 Å². The van der Waals surface area contributed by atoms with Crippen LogP contribution in [0.5, 0.6) is 5.75 Å². The van der Waals surface area contributed by atoms with Gasteiger partial charge in [-0.2, -0.15) is 0 Å². The summed E-state index contributed by atoms with van der Waals surface area (Å²) >= 11 is 2.17. The molecule has 3 heteroatoms. The van der Waals surface area contributed by atoms with E-state index in [2.05, 4.69) is 29.5 Å². The van der Waals surface area contributed by atoms with Gasteiger partial charge in [0.2, 0.25) is 0 Å². The molecule has 0 saturated heterocycles. The molecule has 1 aromatic carbocycles. The van der Waals surface area contributed by atoms with Crippen molar-refractivity contribution in [1.82, 2.24) is 0 Å². The zero-order valence-electron chi connectivity index (χ0n) is 7.63. The number of ether oxygens (including phenoxy) is 1. The molecule has 0 spiro atoms. The minimum absolute atomic E-state index is 0.276. The van der Waals surface area contributed by atoms with Gasteiger partial charge in [0.25, 0.3) is 0 Å². The van der Waals surface area contributed by atoms with Crippen LogP contribution in [0, 0.1) is 3.57 Å². The maximum absolute atomic E-state index is 10.7. The van der Waals surface area contributed by atoms with Crippen LogP contribution >= 0.6 is 22.6 Å². The van der Waals surface area contributed by atoms with Crippen molar-refractivity contribution in [2.24, 2.45) is 0 Å². The lowest BCUT2D eigenvalue weighted by Crippen LogP contribution is -2.02. The molecule has 0 atom stereocenters. The molecule has 0 aliphatic rings. The molecule has 0 saturated carbocycles. The molecule has 0 unspecified atom stereocenters. The number of aryl methyl sites for hydroxylation is 1. The molecule has 13 heavy (non-hydrogen) atoms. The number of rotatable bonds is 2. The Hall–Kier alpha value is -0.580. The third kappa shape index (κ3) is 2.99. The molecule has 1 rings (SSSR count). The highest BCUT2D eigenvalue weighted by Crippen LogP contribution is 2.22. The molecule has 1 aromatic rings. The van der Waals surface area contributed by atoms with Crippen LogP contribution in [0.3, 0.4) is 0 Å². The molecule has 0 aliphatic heterocycles. The molecule has 2 nitrogen and oxygen atoms in total. The van der Waals surface area contributed by atoms with E-state index in [0.717, 1.165) is 9.99 Å². The summed E-state index contributed by atoms with van der Waals surface area (Å²) in [7, 11) is 0. The second-order valence-electron chi connectivity index (χ2n) is 2.71. The summed E-state index contributed by atoms with van der Waals surface area (Å²) in [6, 6.07) is 5.83. The van der Waals surface area contributed by atoms with Gasteiger partial charge in [-0.1, -0.05) is 13.0 Å². The second kappa shape index (κ2) is 4.60. The number of benzene rings is 1. The monoisotopic (exact) mass is 290 g/mol. The van der Waals surface area contributed by atoms with E-state index >= 15 is 0 Å². The molecular formula is C10H11IO2. The smallest absolute Gasteiger partial charge is 0.308 e. The lowest BCUT2D eigenvalue weighted by Gasteiger charge is -2.05. The Morgan fingerprint density at radius 3 is 2.69 bits per heavy atom. The number of hydrogen-bond donors (Lipinski definition) is 0. The van der Waals surface area contributed by atoms with Crippen molar-refractivity contribution in [1.29, 1.82) is 0 Å². The maximum atomic E-state index is 10.7. The highest BCUT2D eigenvalue weighted by Gasteiger charge is 2.03. The Morgan fingerprint density at radius 1 is 1.54 bits per heavy atom. The third-order valence-electron chi connectivity index (χ3n) is 1.66. The topological polar surface area (TPSA) is 26.3 Å². The number of halogens is 1. The van der Waals surface area contributed by atoms with E-state index < -0.39 is 0 Å². The van der Waals surface area contributed by atoms with Crippen molar-refractivity contribution in [2.75, 3.05) is 0 Å².